The van der Waals surface area contributed by atoms with Gasteiger partial charge in [0.2, 0.25) is 5.91 Å². The third-order valence-corrected chi connectivity index (χ3v) is 7.93. The number of pyridine rings is 1. The molecule has 7 rings (SSSR count). The fourth-order valence-electron chi connectivity index (χ4n) is 6.92. The molecule has 4 saturated carbocycles. The number of nitrogens with one attached hydrogen (secondary N) is 1. The van der Waals surface area contributed by atoms with Crippen LogP contribution in [0.5, 0.6) is 0 Å². The normalized spacial score (nSPS) is 29.5. The van der Waals surface area contributed by atoms with E-state index in [1.54, 1.807) is 0 Å². The molecule has 2 heterocycles. The molecule has 1 aromatic carbocycles. The number of carbonyl (C=O) groups excluding carboxylic acids is 1. The van der Waals surface area contributed by atoms with Crippen LogP contribution in [-0.4, -0.2) is 15.3 Å². The summed E-state index contributed by atoms with van der Waals surface area (Å²) in [4.78, 5) is 18.7. The number of fused-ring (bicyclic) bond motifs is 1. The van der Waals surface area contributed by atoms with Gasteiger partial charge >= 0.3 is 0 Å². The Labute approximate surface area is 177 Å². The van der Waals surface area contributed by atoms with Gasteiger partial charge in [-0.15, -0.1) is 0 Å². The van der Waals surface area contributed by atoms with Crippen LogP contribution in [0.3, 0.4) is 0 Å². The zero-order valence-corrected chi connectivity index (χ0v) is 17.8. The Morgan fingerprint density at radius 1 is 1.03 bits per heavy atom. The summed E-state index contributed by atoms with van der Waals surface area (Å²) in [6.07, 6.45) is 9.28. The van der Waals surface area contributed by atoms with E-state index >= 15 is 0 Å². The van der Waals surface area contributed by atoms with Crippen molar-refractivity contribution in [3.05, 3.63) is 53.7 Å². The lowest BCUT2D eigenvalue weighted by atomic mass is 9.49. The third kappa shape index (κ3) is 2.73. The molecule has 0 spiro atoms. The number of amides is 1. The van der Waals surface area contributed by atoms with Gasteiger partial charge in [-0.05, 0) is 93.4 Å². The van der Waals surface area contributed by atoms with Crippen LogP contribution in [0.2, 0.25) is 0 Å². The number of hydrogen-bond donors (Lipinski definition) is 1. The lowest BCUT2D eigenvalue weighted by Gasteiger charge is -2.55. The zero-order valence-electron chi connectivity index (χ0n) is 17.8. The molecule has 4 nitrogen and oxygen atoms in total. The molecule has 4 fully saturated rings. The summed E-state index contributed by atoms with van der Waals surface area (Å²) in [5.74, 6) is 3.30. The SMILES string of the molecule is Cc1ccn2c(NC(=O)C34CC5CC(CC(C5)C3)C4)c(-c3ccccc3C)nc2c1. The van der Waals surface area contributed by atoms with Crippen molar-refractivity contribution in [3.8, 4) is 11.3 Å². The van der Waals surface area contributed by atoms with E-state index in [0.717, 1.165) is 59.7 Å². The summed E-state index contributed by atoms with van der Waals surface area (Å²) >= 11 is 0. The molecular formula is C26H29N3O. The van der Waals surface area contributed by atoms with E-state index in [2.05, 4.69) is 43.4 Å². The number of carbonyl (C=O) groups is 1. The maximum absolute atomic E-state index is 13.8. The second kappa shape index (κ2) is 6.44. The van der Waals surface area contributed by atoms with Crippen LogP contribution in [0.4, 0.5) is 5.82 Å². The summed E-state index contributed by atoms with van der Waals surface area (Å²) in [6, 6.07) is 12.5. The molecule has 3 aromatic rings. The molecule has 0 atom stereocenters. The van der Waals surface area contributed by atoms with Crippen molar-refractivity contribution in [2.75, 3.05) is 5.32 Å². The molecule has 0 radical (unpaired) electrons. The Hall–Kier alpha value is -2.62. The Morgan fingerprint density at radius 3 is 2.37 bits per heavy atom. The highest BCUT2D eigenvalue weighted by atomic mass is 16.2. The molecule has 0 unspecified atom stereocenters. The van der Waals surface area contributed by atoms with Crippen LogP contribution in [0.1, 0.15) is 49.7 Å². The first-order valence-electron chi connectivity index (χ1n) is 11.4. The maximum atomic E-state index is 13.8. The van der Waals surface area contributed by atoms with E-state index in [-0.39, 0.29) is 11.3 Å². The summed E-state index contributed by atoms with van der Waals surface area (Å²) in [5, 5.41) is 3.40. The highest BCUT2D eigenvalue weighted by molar-refractivity contribution is 5.98. The first-order valence-corrected chi connectivity index (χ1v) is 11.4. The van der Waals surface area contributed by atoms with E-state index in [0.29, 0.717) is 0 Å². The van der Waals surface area contributed by atoms with Gasteiger partial charge in [-0.2, -0.15) is 0 Å². The topological polar surface area (TPSA) is 46.4 Å². The molecule has 4 aliphatic carbocycles. The molecule has 1 N–H and O–H groups in total. The van der Waals surface area contributed by atoms with Crippen LogP contribution in [0.15, 0.2) is 42.6 Å². The Bertz CT molecular complexity index is 1120. The predicted molar refractivity (Wildman–Crippen MR) is 119 cm³/mol. The van der Waals surface area contributed by atoms with E-state index < -0.39 is 0 Å². The molecule has 4 heteroatoms. The second-order valence-electron chi connectivity index (χ2n) is 10.2. The molecule has 154 valence electrons. The summed E-state index contributed by atoms with van der Waals surface area (Å²) in [5.41, 5.74) is 5.00. The van der Waals surface area contributed by atoms with Gasteiger partial charge in [-0.3, -0.25) is 9.20 Å². The Morgan fingerprint density at radius 2 is 1.70 bits per heavy atom. The largest absolute Gasteiger partial charge is 0.309 e. The van der Waals surface area contributed by atoms with Gasteiger partial charge in [0.1, 0.15) is 17.2 Å². The highest BCUT2D eigenvalue weighted by Crippen LogP contribution is 2.60. The molecule has 4 aliphatic rings. The fraction of sp³-hybridized carbons (Fsp3) is 0.462. The van der Waals surface area contributed by atoms with Crippen molar-refractivity contribution in [2.45, 2.75) is 52.4 Å². The molecule has 1 amide bonds. The van der Waals surface area contributed by atoms with E-state index in [1.165, 1.54) is 30.4 Å². The summed E-state index contributed by atoms with van der Waals surface area (Å²) in [6.45, 7) is 4.19. The van der Waals surface area contributed by atoms with Gasteiger partial charge in [0.15, 0.2) is 0 Å². The number of hydrogen-bond acceptors (Lipinski definition) is 2. The average molecular weight is 400 g/mol. The number of anilines is 1. The zero-order chi connectivity index (χ0) is 20.5. The third-order valence-electron chi connectivity index (χ3n) is 7.93. The molecule has 0 aliphatic heterocycles. The van der Waals surface area contributed by atoms with Gasteiger partial charge in [-0.1, -0.05) is 24.3 Å². The maximum Gasteiger partial charge on any atom is 0.231 e. The van der Waals surface area contributed by atoms with Gasteiger partial charge in [0.25, 0.3) is 0 Å². The van der Waals surface area contributed by atoms with E-state index in [1.807, 2.05) is 22.7 Å². The first kappa shape index (κ1) is 18.2. The number of benzene rings is 1. The number of rotatable bonds is 3. The fourth-order valence-corrected chi connectivity index (χ4v) is 6.92. The lowest BCUT2D eigenvalue weighted by molar-refractivity contribution is -0.140. The van der Waals surface area contributed by atoms with E-state index in [4.69, 9.17) is 4.98 Å². The standard InChI is InChI=1S/C26H29N3O/c1-16-7-8-29-22(9-16)27-23(21-6-4-3-5-17(21)2)24(29)28-25(30)26-13-18-10-19(14-26)12-20(11-18)15-26/h3-9,18-20H,10-15H2,1-2H3,(H,28,30). The van der Waals surface area contributed by atoms with Crippen LogP contribution in [0.25, 0.3) is 16.9 Å². The van der Waals surface area contributed by atoms with Crippen LogP contribution < -0.4 is 5.32 Å². The van der Waals surface area contributed by atoms with Crippen LogP contribution in [0, 0.1) is 37.0 Å². The quantitative estimate of drug-likeness (QED) is 0.607. The summed E-state index contributed by atoms with van der Waals surface area (Å²) < 4.78 is 2.05. The van der Waals surface area contributed by atoms with Crippen LogP contribution >= 0.6 is 0 Å². The molecular weight excluding hydrogens is 370 g/mol. The number of imidazole rings is 1. The van der Waals surface area contributed by atoms with Crippen molar-refractivity contribution >= 4 is 17.4 Å². The lowest BCUT2D eigenvalue weighted by Crippen LogP contribution is -2.51. The Kier molecular flexibility index (Phi) is 3.90. The van der Waals surface area contributed by atoms with Crippen molar-refractivity contribution < 1.29 is 4.79 Å². The molecule has 4 bridgehead atoms. The predicted octanol–water partition coefficient (Wildman–Crippen LogP) is 5.77. The molecule has 2 aromatic heterocycles. The van der Waals surface area contributed by atoms with Crippen molar-refractivity contribution in [2.24, 2.45) is 23.2 Å². The minimum atomic E-state index is -0.174. The molecule has 30 heavy (non-hydrogen) atoms. The second-order valence-corrected chi connectivity index (χ2v) is 10.2. The molecule has 0 saturated heterocycles. The minimum absolute atomic E-state index is 0.174. The van der Waals surface area contributed by atoms with Gasteiger partial charge in [0.05, 0.1) is 5.41 Å². The van der Waals surface area contributed by atoms with Crippen molar-refractivity contribution in [1.82, 2.24) is 9.38 Å². The summed E-state index contributed by atoms with van der Waals surface area (Å²) in [7, 11) is 0. The number of nitrogens with zero attached hydrogens (tertiary/aromatic N) is 2. The van der Waals surface area contributed by atoms with Gasteiger partial charge < -0.3 is 5.32 Å². The van der Waals surface area contributed by atoms with Crippen molar-refractivity contribution in [3.63, 3.8) is 0 Å². The Balaban J connectivity index is 1.44. The van der Waals surface area contributed by atoms with Crippen molar-refractivity contribution in [1.29, 1.82) is 0 Å². The average Bonchev–Trinajstić information content (AvgIpc) is 3.04. The van der Waals surface area contributed by atoms with E-state index in [9.17, 15) is 4.79 Å². The highest BCUT2D eigenvalue weighted by Gasteiger charge is 2.54. The monoisotopic (exact) mass is 399 g/mol. The minimum Gasteiger partial charge on any atom is -0.309 e. The smallest absolute Gasteiger partial charge is 0.231 e. The first-order chi connectivity index (χ1) is 14.5. The van der Waals surface area contributed by atoms with Crippen LogP contribution in [-0.2, 0) is 4.79 Å². The number of aryl methyl sites for hydroxylation is 2. The van der Waals surface area contributed by atoms with Gasteiger partial charge in [0, 0.05) is 11.8 Å². The number of aromatic nitrogens is 2. The van der Waals surface area contributed by atoms with Gasteiger partial charge in [-0.25, -0.2) is 4.98 Å².